The fraction of sp³-hybridized carbons (Fsp3) is 0.882. The average Bonchev–Trinajstić information content (AvgIpc) is 2.79. The molecule has 1 fully saturated rings. The Labute approximate surface area is 135 Å². The van der Waals surface area contributed by atoms with Gasteiger partial charge < -0.3 is 15.5 Å². The molecular formula is C17H34N4O. The molecule has 0 aromatic heterocycles. The number of aliphatic imine (C=N–C) groups is 1. The predicted molar refractivity (Wildman–Crippen MR) is 93.1 cm³/mol. The van der Waals surface area contributed by atoms with Crippen LogP contribution in [-0.2, 0) is 4.79 Å². The van der Waals surface area contributed by atoms with Gasteiger partial charge in [-0.25, -0.2) is 0 Å². The summed E-state index contributed by atoms with van der Waals surface area (Å²) in [6.07, 6.45) is 5.13. The minimum absolute atomic E-state index is 0.0210. The second kappa shape index (κ2) is 7.84. The van der Waals surface area contributed by atoms with Gasteiger partial charge in [0.15, 0.2) is 5.96 Å². The Morgan fingerprint density at radius 2 is 1.86 bits per heavy atom. The minimum Gasteiger partial charge on any atom is -0.357 e. The summed E-state index contributed by atoms with van der Waals surface area (Å²) in [7, 11) is 1.92. The Balaban J connectivity index is 2.62. The Hall–Kier alpha value is -1.26. The number of hydrogen-bond acceptors (Lipinski definition) is 2. The van der Waals surface area contributed by atoms with Crippen molar-refractivity contribution >= 4 is 11.9 Å². The van der Waals surface area contributed by atoms with Crippen LogP contribution in [0.3, 0.4) is 0 Å². The third kappa shape index (κ3) is 6.67. The molecule has 1 aliphatic carbocycles. The molecule has 0 radical (unpaired) electrons. The van der Waals surface area contributed by atoms with E-state index in [9.17, 15) is 4.79 Å². The van der Waals surface area contributed by atoms with E-state index in [2.05, 4.69) is 24.5 Å². The SMILES string of the molecule is CCNC(=NCC1(C)CCCC1)N(C)CC(=O)NC(C)(C)C. The molecule has 0 aliphatic heterocycles. The van der Waals surface area contributed by atoms with Gasteiger partial charge in [-0.3, -0.25) is 9.79 Å². The average molecular weight is 310 g/mol. The van der Waals surface area contributed by atoms with E-state index in [0.717, 1.165) is 19.0 Å². The van der Waals surface area contributed by atoms with Crippen molar-refractivity contribution in [2.75, 3.05) is 26.7 Å². The molecule has 0 aromatic carbocycles. The maximum absolute atomic E-state index is 12.1. The number of carbonyl (C=O) groups is 1. The van der Waals surface area contributed by atoms with Crippen LogP contribution >= 0.6 is 0 Å². The van der Waals surface area contributed by atoms with Gasteiger partial charge >= 0.3 is 0 Å². The zero-order valence-electron chi connectivity index (χ0n) is 15.3. The van der Waals surface area contributed by atoms with Crippen LogP contribution in [0, 0.1) is 5.41 Å². The molecule has 1 aliphatic rings. The van der Waals surface area contributed by atoms with E-state index in [1.807, 2.05) is 32.7 Å². The van der Waals surface area contributed by atoms with Crippen molar-refractivity contribution in [3.63, 3.8) is 0 Å². The number of nitrogens with one attached hydrogen (secondary N) is 2. The van der Waals surface area contributed by atoms with E-state index in [0.29, 0.717) is 12.0 Å². The molecule has 0 saturated heterocycles. The second-order valence-corrected chi connectivity index (χ2v) is 7.84. The molecule has 2 N–H and O–H groups in total. The number of likely N-dealkylation sites (N-methyl/N-ethyl adjacent to an activating group) is 1. The van der Waals surface area contributed by atoms with E-state index >= 15 is 0 Å². The van der Waals surface area contributed by atoms with E-state index in [1.165, 1.54) is 25.7 Å². The van der Waals surface area contributed by atoms with E-state index < -0.39 is 0 Å². The van der Waals surface area contributed by atoms with Crippen LogP contribution in [0.25, 0.3) is 0 Å². The summed E-state index contributed by atoms with van der Waals surface area (Å²) in [5, 5.41) is 6.28. The predicted octanol–water partition coefficient (Wildman–Crippen LogP) is 2.38. The number of nitrogens with zero attached hydrogens (tertiary/aromatic N) is 2. The van der Waals surface area contributed by atoms with Crippen molar-refractivity contribution in [1.82, 2.24) is 15.5 Å². The van der Waals surface area contributed by atoms with Gasteiger partial charge in [0.2, 0.25) is 5.91 Å². The Morgan fingerprint density at radius 3 is 2.36 bits per heavy atom. The molecule has 0 heterocycles. The molecule has 0 spiro atoms. The quantitative estimate of drug-likeness (QED) is 0.605. The molecule has 22 heavy (non-hydrogen) atoms. The molecule has 1 amide bonds. The maximum atomic E-state index is 12.1. The van der Waals surface area contributed by atoms with Gasteiger partial charge in [-0.2, -0.15) is 0 Å². The minimum atomic E-state index is -0.204. The lowest BCUT2D eigenvalue weighted by molar-refractivity contribution is -0.122. The highest BCUT2D eigenvalue weighted by Crippen LogP contribution is 2.37. The lowest BCUT2D eigenvalue weighted by atomic mass is 9.89. The molecule has 0 bridgehead atoms. The van der Waals surface area contributed by atoms with Gasteiger partial charge in [0, 0.05) is 25.7 Å². The summed E-state index contributed by atoms with van der Waals surface area (Å²) in [6.45, 7) is 12.3. The van der Waals surface area contributed by atoms with Crippen LogP contribution < -0.4 is 10.6 Å². The van der Waals surface area contributed by atoms with Crippen LogP contribution in [0.15, 0.2) is 4.99 Å². The first-order valence-corrected chi connectivity index (χ1v) is 8.46. The third-order valence-corrected chi connectivity index (χ3v) is 4.01. The van der Waals surface area contributed by atoms with Gasteiger partial charge in [-0.1, -0.05) is 19.8 Å². The first-order valence-electron chi connectivity index (χ1n) is 8.46. The van der Waals surface area contributed by atoms with Crippen LogP contribution in [0.1, 0.15) is 60.3 Å². The fourth-order valence-corrected chi connectivity index (χ4v) is 2.87. The zero-order chi connectivity index (χ0) is 16.8. The van der Waals surface area contributed by atoms with Crippen molar-refractivity contribution in [2.45, 2.75) is 65.8 Å². The molecule has 128 valence electrons. The number of amides is 1. The highest BCUT2D eigenvalue weighted by atomic mass is 16.2. The van der Waals surface area contributed by atoms with Crippen molar-refractivity contribution < 1.29 is 4.79 Å². The van der Waals surface area contributed by atoms with Gasteiger partial charge in [-0.15, -0.1) is 0 Å². The molecule has 0 atom stereocenters. The monoisotopic (exact) mass is 310 g/mol. The molecule has 5 nitrogen and oxygen atoms in total. The molecule has 1 saturated carbocycles. The summed E-state index contributed by atoms with van der Waals surface area (Å²) in [5.74, 6) is 0.840. The van der Waals surface area contributed by atoms with Crippen molar-refractivity contribution in [2.24, 2.45) is 10.4 Å². The van der Waals surface area contributed by atoms with Crippen LogP contribution in [0.4, 0.5) is 0 Å². The zero-order valence-corrected chi connectivity index (χ0v) is 15.3. The summed E-state index contributed by atoms with van der Waals surface area (Å²) in [6, 6.07) is 0. The Morgan fingerprint density at radius 1 is 1.27 bits per heavy atom. The topological polar surface area (TPSA) is 56.7 Å². The summed E-state index contributed by atoms with van der Waals surface area (Å²) < 4.78 is 0. The van der Waals surface area contributed by atoms with Crippen LogP contribution in [-0.4, -0.2) is 49.0 Å². The van der Waals surface area contributed by atoms with E-state index in [1.54, 1.807) is 0 Å². The van der Waals surface area contributed by atoms with Crippen LogP contribution in [0.2, 0.25) is 0 Å². The second-order valence-electron chi connectivity index (χ2n) is 7.84. The summed E-state index contributed by atoms with van der Waals surface area (Å²) in [4.78, 5) is 18.7. The Kier molecular flexibility index (Phi) is 6.69. The number of hydrogen-bond donors (Lipinski definition) is 2. The highest BCUT2D eigenvalue weighted by molar-refractivity contribution is 5.86. The highest BCUT2D eigenvalue weighted by Gasteiger charge is 2.28. The Bertz CT molecular complexity index is 392. The van der Waals surface area contributed by atoms with Crippen molar-refractivity contribution in [3.8, 4) is 0 Å². The number of guanidine groups is 1. The summed E-state index contributed by atoms with van der Waals surface area (Å²) in [5.41, 5.74) is 0.125. The van der Waals surface area contributed by atoms with Crippen LogP contribution in [0.5, 0.6) is 0 Å². The largest absolute Gasteiger partial charge is 0.357 e. The fourth-order valence-electron chi connectivity index (χ4n) is 2.87. The number of rotatable bonds is 5. The lowest BCUT2D eigenvalue weighted by Gasteiger charge is -2.27. The molecule has 0 unspecified atom stereocenters. The smallest absolute Gasteiger partial charge is 0.240 e. The molecule has 1 rings (SSSR count). The van der Waals surface area contributed by atoms with Crippen molar-refractivity contribution in [3.05, 3.63) is 0 Å². The molecule has 0 aromatic rings. The molecule has 5 heteroatoms. The van der Waals surface area contributed by atoms with E-state index in [-0.39, 0.29) is 11.4 Å². The molecular weight excluding hydrogens is 276 g/mol. The first kappa shape index (κ1) is 18.8. The van der Waals surface area contributed by atoms with Gasteiger partial charge in [0.25, 0.3) is 0 Å². The normalized spacial score (nSPS) is 18.2. The van der Waals surface area contributed by atoms with E-state index in [4.69, 9.17) is 4.99 Å². The van der Waals surface area contributed by atoms with Gasteiger partial charge in [0.1, 0.15) is 0 Å². The van der Waals surface area contributed by atoms with Crippen molar-refractivity contribution in [1.29, 1.82) is 0 Å². The summed E-state index contributed by atoms with van der Waals surface area (Å²) >= 11 is 0. The third-order valence-electron chi connectivity index (χ3n) is 4.01. The maximum Gasteiger partial charge on any atom is 0.240 e. The number of carbonyl (C=O) groups excluding carboxylic acids is 1. The van der Waals surface area contributed by atoms with Gasteiger partial charge in [-0.05, 0) is 46.0 Å². The lowest BCUT2D eigenvalue weighted by Crippen LogP contribution is -2.49. The standard InChI is InChI=1S/C17H34N4O/c1-7-18-15(19-13-17(5)10-8-9-11-17)21(6)12-14(22)20-16(2,3)4/h7-13H2,1-6H3,(H,18,19)(H,20,22). The first-order chi connectivity index (χ1) is 10.2. The van der Waals surface area contributed by atoms with Gasteiger partial charge in [0.05, 0.1) is 6.54 Å².